The van der Waals surface area contributed by atoms with Crippen molar-refractivity contribution >= 4 is 34.8 Å². The molecule has 0 radical (unpaired) electrons. The zero-order valence-corrected chi connectivity index (χ0v) is 15.5. The van der Waals surface area contributed by atoms with E-state index in [4.69, 9.17) is 16.3 Å². The zero-order valence-electron chi connectivity index (χ0n) is 14.7. The summed E-state index contributed by atoms with van der Waals surface area (Å²) in [7, 11) is 1.47. The van der Waals surface area contributed by atoms with Crippen LogP contribution in [-0.2, 0) is 9.59 Å². The van der Waals surface area contributed by atoms with Crippen LogP contribution in [0.5, 0.6) is 5.75 Å². The number of carbonyl (C=O) groups is 2. The van der Waals surface area contributed by atoms with E-state index in [2.05, 4.69) is 5.32 Å². The van der Waals surface area contributed by atoms with Gasteiger partial charge in [0.15, 0.2) is 0 Å². The van der Waals surface area contributed by atoms with E-state index in [1.807, 2.05) is 4.90 Å². The number of hydrogen-bond donors (Lipinski definition) is 1. The largest absolute Gasteiger partial charge is 0.495 e. The van der Waals surface area contributed by atoms with Gasteiger partial charge in [-0.05, 0) is 42.5 Å². The van der Waals surface area contributed by atoms with Crippen LogP contribution in [0.2, 0.25) is 5.02 Å². The lowest BCUT2D eigenvalue weighted by molar-refractivity contribution is -0.143. The molecule has 0 bridgehead atoms. The number of nitrogens with one attached hydrogen (secondary N) is 1. The van der Waals surface area contributed by atoms with Crippen molar-refractivity contribution in [1.29, 1.82) is 0 Å². The van der Waals surface area contributed by atoms with Gasteiger partial charge < -0.3 is 19.9 Å². The molecule has 8 heteroatoms. The lowest BCUT2D eigenvalue weighted by atomic mass is 10.2. The molecule has 2 aromatic carbocycles. The fourth-order valence-corrected chi connectivity index (χ4v) is 3.09. The van der Waals surface area contributed by atoms with Gasteiger partial charge in [-0.1, -0.05) is 11.6 Å². The van der Waals surface area contributed by atoms with Crippen LogP contribution >= 0.6 is 11.6 Å². The highest BCUT2D eigenvalue weighted by atomic mass is 35.5. The smallest absolute Gasteiger partial charge is 0.314 e. The molecule has 0 unspecified atom stereocenters. The first-order valence-electron chi connectivity index (χ1n) is 8.42. The number of ether oxygens (including phenoxy) is 1. The number of halogens is 2. The van der Waals surface area contributed by atoms with Gasteiger partial charge in [-0.25, -0.2) is 4.39 Å². The van der Waals surface area contributed by atoms with Crippen LogP contribution in [-0.4, -0.2) is 50.0 Å². The Balaban J connectivity index is 1.59. The summed E-state index contributed by atoms with van der Waals surface area (Å²) in [4.78, 5) is 28.3. The number of methoxy groups -OCH3 is 1. The first-order valence-corrected chi connectivity index (χ1v) is 8.80. The summed E-state index contributed by atoms with van der Waals surface area (Å²) in [6.07, 6.45) is 0. The van der Waals surface area contributed by atoms with Crippen LogP contribution in [0.3, 0.4) is 0 Å². The minimum Gasteiger partial charge on any atom is -0.495 e. The van der Waals surface area contributed by atoms with Crippen LogP contribution in [0.25, 0.3) is 0 Å². The van der Waals surface area contributed by atoms with Crippen LogP contribution in [0.15, 0.2) is 42.5 Å². The Bertz CT molecular complexity index is 837. The molecular weight excluding hydrogens is 373 g/mol. The first-order chi connectivity index (χ1) is 13.0. The van der Waals surface area contributed by atoms with Gasteiger partial charge in [-0.15, -0.1) is 0 Å². The van der Waals surface area contributed by atoms with Crippen LogP contribution < -0.4 is 15.0 Å². The van der Waals surface area contributed by atoms with E-state index in [0.717, 1.165) is 5.69 Å². The van der Waals surface area contributed by atoms with Crippen molar-refractivity contribution in [2.45, 2.75) is 0 Å². The number of rotatable bonds is 3. The minimum absolute atomic E-state index is 0.291. The predicted octanol–water partition coefficient (Wildman–Crippen LogP) is 2.78. The molecule has 27 heavy (non-hydrogen) atoms. The van der Waals surface area contributed by atoms with Crippen LogP contribution in [0, 0.1) is 5.82 Å². The van der Waals surface area contributed by atoms with E-state index >= 15 is 0 Å². The molecule has 0 spiro atoms. The van der Waals surface area contributed by atoms with Gasteiger partial charge in [0.1, 0.15) is 11.6 Å². The van der Waals surface area contributed by atoms with Crippen molar-refractivity contribution in [3.63, 3.8) is 0 Å². The second-order valence-corrected chi connectivity index (χ2v) is 6.49. The fourth-order valence-electron chi connectivity index (χ4n) is 2.92. The maximum absolute atomic E-state index is 13.0. The molecule has 0 aromatic heterocycles. The highest BCUT2D eigenvalue weighted by Crippen LogP contribution is 2.27. The van der Waals surface area contributed by atoms with E-state index in [1.165, 1.54) is 30.2 Å². The molecule has 1 saturated heterocycles. The maximum atomic E-state index is 13.0. The first kappa shape index (κ1) is 19.0. The van der Waals surface area contributed by atoms with Crippen LogP contribution in [0.1, 0.15) is 0 Å². The van der Waals surface area contributed by atoms with Crippen molar-refractivity contribution in [3.8, 4) is 5.75 Å². The fraction of sp³-hybridized carbons (Fsp3) is 0.263. The molecule has 3 rings (SSSR count). The van der Waals surface area contributed by atoms with Crippen molar-refractivity contribution in [1.82, 2.24) is 4.90 Å². The maximum Gasteiger partial charge on any atom is 0.314 e. The normalized spacial score (nSPS) is 14.0. The number of anilines is 2. The predicted molar refractivity (Wildman–Crippen MR) is 102 cm³/mol. The Kier molecular flexibility index (Phi) is 5.81. The van der Waals surface area contributed by atoms with E-state index in [-0.39, 0.29) is 5.82 Å². The molecule has 1 N–H and O–H groups in total. The van der Waals surface area contributed by atoms with E-state index in [1.54, 1.807) is 24.3 Å². The average Bonchev–Trinajstić information content (AvgIpc) is 2.68. The molecule has 0 saturated carbocycles. The summed E-state index contributed by atoms with van der Waals surface area (Å²) in [6, 6.07) is 11.0. The molecule has 2 amide bonds. The SMILES string of the molecule is COc1ccc(Cl)cc1NC(=O)C(=O)N1CCN(c2ccc(F)cc2)CC1. The second kappa shape index (κ2) is 8.26. The number of carbonyl (C=O) groups excluding carboxylic acids is 2. The number of benzene rings is 2. The number of hydrogen-bond acceptors (Lipinski definition) is 4. The third kappa shape index (κ3) is 4.49. The summed E-state index contributed by atoms with van der Waals surface area (Å²) in [5.41, 5.74) is 1.23. The van der Waals surface area contributed by atoms with Gasteiger partial charge >= 0.3 is 11.8 Å². The second-order valence-electron chi connectivity index (χ2n) is 6.05. The average molecular weight is 392 g/mol. The van der Waals surface area contributed by atoms with Crippen molar-refractivity contribution in [2.24, 2.45) is 0 Å². The highest BCUT2D eigenvalue weighted by Gasteiger charge is 2.26. The molecule has 1 fully saturated rings. The lowest BCUT2D eigenvalue weighted by Crippen LogP contribution is -2.51. The number of nitrogens with zero attached hydrogens (tertiary/aromatic N) is 2. The molecule has 142 valence electrons. The Morgan fingerprint density at radius 2 is 1.74 bits per heavy atom. The van der Waals surface area contributed by atoms with Gasteiger partial charge in [0, 0.05) is 36.9 Å². The monoisotopic (exact) mass is 391 g/mol. The van der Waals surface area contributed by atoms with Gasteiger partial charge in [-0.2, -0.15) is 0 Å². The third-order valence-electron chi connectivity index (χ3n) is 4.36. The number of piperazine rings is 1. The number of amides is 2. The molecule has 6 nitrogen and oxygen atoms in total. The highest BCUT2D eigenvalue weighted by molar-refractivity contribution is 6.40. The van der Waals surface area contributed by atoms with Gasteiger partial charge in [0.05, 0.1) is 12.8 Å². The summed E-state index contributed by atoms with van der Waals surface area (Å²) in [6.45, 7) is 1.92. The van der Waals surface area contributed by atoms with Gasteiger partial charge in [0.25, 0.3) is 0 Å². The summed E-state index contributed by atoms with van der Waals surface area (Å²) in [5, 5.41) is 2.98. The summed E-state index contributed by atoms with van der Waals surface area (Å²) in [5.74, 6) is -1.23. The standard InChI is InChI=1S/C19H19ClFN3O3/c1-27-17-7-2-13(20)12-16(17)22-18(25)19(26)24-10-8-23(9-11-24)15-5-3-14(21)4-6-15/h2-7,12H,8-11H2,1H3,(H,22,25). The molecular formula is C19H19ClFN3O3. The quantitative estimate of drug-likeness (QED) is 0.817. The third-order valence-corrected chi connectivity index (χ3v) is 4.60. The van der Waals surface area contributed by atoms with E-state index in [0.29, 0.717) is 42.6 Å². The molecule has 2 aromatic rings. The minimum atomic E-state index is -0.745. The molecule has 0 aliphatic carbocycles. The van der Waals surface area contributed by atoms with Crippen molar-refractivity contribution in [2.75, 3.05) is 43.5 Å². The van der Waals surface area contributed by atoms with E-state index < -0.39 is 11.8 Å². The van der Waals surface area contributed by atoms with Crippen LogP contribution in [0.4, 0.5) is 15.8 Å². The molecule has 1 heterocycles. The Hall–Kier alpha value is -2.80. The summed E-state index contributed by atoms with van der Waals surface area (Å²) < 4.78 is 18.2. The van der Waals surface area contributed by atoms with Gasteiger partial charge in [0.2, 0.25) is 0 Å². The molecule has 1 aliphatic rings. The van der Waals surface area contributed by atoms with E-state index in [9.17, 15) is 14.0 Å². The Morgan fingerprint density at radius 1 is 1.07 bits per heavy atom. The molecule has 0 atom stereocenters. The topological polar surface area (TPSA) is 61.9 Å². The Morgan fingerprint density at radius 3 is 2.37 bits per heavy atom. The van der Waals surface area contributed by atoms with Crippen molar-refractivity contribution < 1.29 is 18.7 Å². The van der Waals surface area contributed by atoms with Crippen molar-refractivity contribution in [3.05, 3.63) is 53.3 Å². The lowest BCUT2D eigenvalue weighted by Gasteiger charge is -2.35. The Labute approximate surface area is 161 Å². The summed E-state index contributed by atoms with van der Waals surface area (Å²) >= 11 is 5.94. The zero-order chi connectivity index (χ0) is 19.4. The van der Waals surface area contributed by atoms with Gasteiger partial charge in [-0.3, -0.25) is 9.59 Å². The molecule has 1 aliphatic heterocycles.